The van der Waals surface area contributed by atoms with Crippen molar-refractivity contribution in [1.29, 1.82) is 0 Å². The summed E-state index contributed by atoms with van der Waals surface area (Å²) in [5.41, 5.74) is 1.64. The Morgan fingerprint density at radius 1 is 1.05 bits per heavy atom. The molecular formula is C28H38N3O6S+. The third-order valence-electron chi connectivity index (χ3n) is 5.63. The van der Waals surface area contributed by atoms with Gasteiger partial charge in [-0.15, -0.1) is 0 Å². The lowest BCUT2D eigenvalue weighted by molar-refractivity contribution is -0.506. The Kier molecular flexibility index (Phi) is 13.8. The lowest BCUT2D eigenvalue weighted by Gasteiger charge is -2.17. The molecule has 0 aromatic heterocycles. The number of aliphatic hydroxyl groups excluding tert-OH is 1. The van der Waals surface area contributed by atoms with Crippen LogP contribution in [0.4, 0.5) is 4.79 Å². The van der Waals surface area contributed by atoms with Crippen molar-refractivity contribution >= 4 is 36.8 Å². The number of rotatable bonds is 16. The molecule has 0 heterocycles. The van der Waals surface area contributed by atoms with Crippen LogP contribution in [0.15, 0.2) is 54.6 Å². The molecule has 0 spiro atoms. The topological polar surface area (TPSA) is 128 Å². The number of aliphatic hydroxyl groups is 1. The van der Waals surface area contributed by atoms with Crippen LogP contribution in [0.1, 0.15) is 37.8 Å². The molecule has 2 rings (SSSR count). The third kappa shape index (κ3) is 11.2. The van der Waals surface area contributed by atoms with Crippen molar-refractivity contribution in [2.45, 2.75) is 51.8 Å². The maximum Gasteiger partial charge on any atom is 0.408 e. The molecule has 0 radical (unpaired) electrons. The Labute approximate surface area is 229 Å². The van der Waals surface area contributed by atoms with Gasteiger partial charge in [0.15, 0.2) is 6.04 Å². The Hall–Kier alpha value is -3.53. The summed E-state index contributed by atoms with van der Waals surface area (Å²) in [5, 5.41) is 16.2. The van der Waals surface area contributed by atoms with E-state index in [0.717, 1.165) is 35.5 Å². The minimum absolute atomic E-state index is 0.0650. The summed E-state index contributed by atoms with van der Waals surface area (Å²) < 4.78 is 11.1. The van der Waals surface area contributed by atoms with Crippen molar-refractivity contribution in [2.75, 3.05) is 18.9 Å². The van der Waals surface area contributed by atoms with Gasteiger partial charge in [0.25, 0.3) is 5.91 Å². The van der Waals surface area contributed by atoms with Crippen molar-refractivity contribution in [3.8, 4) is 5.75 Å². The molecule has 0 aliphatic heterocycles. The number of hydrogen-bond donors (Lipinski definition) is 5. The minimum atomic E-state index is -0.902. The van der Waals surface area contributed by atoms with E-state index in [4.69, 9.17) is 9.47 Å². The first-order valence-corrected chi connectivity index (χ1v) is 13.3. The highest BCUT2D eigenvalue weighted by molar-refractivity contribution is 7.80. The van der Waals surface area contributed by atoms with Crippen molar-refractivity contribution in [3.63, 3.8) is 0 Å². The first kappa shape index (κ1) is 30.7. The summed E-state index contributed by atoms with van der Waals surface area (Å²) >= 11 is 4.20. The van der Waals surface area contributed by atoms with Crippen LogP contribution in [0.3, 0.4) is 0 Å². The van der Waals surface area contributed by atoms with E-state index in [0.29, 0.717) is 12.9 Å². The summed E-state index contributed by atoms with van der Waals surface area (Å²) in [6.07, 6.45) is 1.97. The van der Waals surface area contributed by atoms with E-state index in [1.807, 2.05) is 54.6 Å². The largest absolute Gasteiger partial charge is 0.494 e. The highest BCUT2D eigenvalue weighted by Crippen LogP contribution is 2.14. The average Bonchev–Trinajstić information content (AvgIpc) is 2.92. The van der Waals surface area contributed by atoms with Gasteiger partial charge < -0.3 is 30.0 Å². The van der Waals surface area contributed by atoms with Crippen LogP contribution >= 0.6 is 12.6 Å². The number of unbranched alkanes of at least 4 members (excludes halogenated alkanes) is 1. The van der Waals surface area contributed by atoms with Gasteiger partial charge in [-0.25, -0.2) is 9.79 Å². The number of hydrogen-bond acceptors (Lipinski definition) is 6. The number of carbonyl (C=O) groups excluding carboxylic acids is 3. The maximum absolute atomic E-state index is 12.6. The molecule has 2 atom stereocenters. The van der Waals surface area contributed by atoms with Gasteiger partial charge in [-0.3, -0.25) is 4.79 Å². The molecule has 2 amide bonds. The molecule has 206 valence electrons. The number of aldehydes is 1. The number of amides is 2. The predicted octanol–water partition coefficient (Wildman–Crippen LogP) is 1.99. The Morgan fingerprint density at radius 2 is 1.76 bits per heavy atom. The Balaban J connectivity index is 2.16. The molecule has 0 unspecified atom stereocenters. The first-order valence-electron chi connectivity index (χ1n) is 12.7. The van der Waals surface area contributed by atoms with Gasteiger partial charge in [-0.05, 0) is 41.9 Å². The number of nitrogens with one attached hydrogen (secondary N) is 3. The van der Waals surface area contributed by atoms with E-state index in [9.17, 15) is 19.5 Å². The molecule has 9 nitrogen and oxygen atoms in total. The van der Waals surface area contributed by atoms with Crippen molar-refractivity contribution in [3.05, 3.63) is 65.7 Å². The summed E-state index contributed by atoms with van der Waals surface area (Å²) in [6, 6.07) is 14.9. The minimum Gasteiger partial charge on any atom is -0.494 e. The van der Waals surface area contributed by atoms with E-state index in [1.165, 1.54) is 0 Å². The number of ether oxygens (including phenoxy) is 2. The van der Waals surface area contributed by atoms with Gasteiger partial charge in [-0.2, -0.15) is 12.6 Å². The predicted molar refractivity (Wildman–Crippen MR) is 149 cm³/mol. The van der Waals surface area contributed by atoms with Gasteiger partial charge >= 0.3 is 12.0 Å². The fourth-order valence-electron chi connectivity index (χ4n) is 3.53. The van der Waals surface area contributed by atoms with Crippen LogP contribution in [0, 0.1) is 5.92 Å². The van der Waals surface area contributed by atoms with Crippen molar-refractivity contribution < 1.29 is 34.0 Å². The number of benzene rings is 2. The third-order valence-corrected chi connectivity index (χ3v) is 5.95. The van der Waals surface area contributed by atoms with Gasteiger partial charge in [-0.1, -0.05) is 56.3 Å². The second-order valence-electron chi connectivity index (χ2n) is 9.05. The molecule has 0 saturated carbocycles. The maximum atomic E-state index is 12.6. The molecule has 4 N–H and O–H groups in total. The number of carbonyl (C=O) groups is 3. The quantitative estimate of drug-likeness (QED) is 0.0723. The molecule has 2 aromatic rings. The van der Waals surface area contributed by atoms with Crippen LogP contribution in [0.5, 0.6) is 5.75 Å². The van der Waals surface area contributed by atoms with Crippen LogP contribution in [-0.2, 0) is 27.4 Å². The van der Waals surface area contributed by atoms with Crippen molar-refractivity contribution in [2.24, 2.45) is 5.92 Å². The molecule has 10 heteroatoms. The van der Waals surface area contributed by atoms with Crippen LogP contribution in [-0.4, -0.2) is 60.3 Å². The Morgan fingerprint density at radius 3 is 2.39 bits per heavy atom. The van der Waals surface area contributed by atoms with Crippen LogP contribution in [0.2, 0.25) is 0 Å². The molecule has 0 saturated heterocycles. The highest BCUT2D eigenvalue weighted by atomic mass is 32.1. The fraction of sp³-hybridized carbons (Fsp3) is 0.429. The summed E-state index contributed by atoms with van der Waals surface area (Å²) in [6.45, 7) is 4.13. The molecule has 0 fully saturated rings. The lowest BCUT2D eigenvalue weighted by Crippen LogP contribution is -2.87. The van der Waals surface area contributed by atoms with Crippen molar-refractivity contribution in [1.82, 2.24) is 10.6 Å². The van der Waals surface area contributed by atoms with Crippen LogP contribution < -0.4 is 20.4 Å². The standard InChI is InChI=1S/C28H37N3O6S/c1-20(2)25(27(34)29-14-15-32)31-26(33)24(30-28(35)37-19-22-8-4-3-5-9-22)18-21-10-12-23(13-11-21)36-16-6-7-17-38/h3-5,8-13,15,20,24-25,38H,6-7,14,16-19H2,1-2H3,(H,29,34)(H,30,35)(H,31,33)/p+1/t24-,25-/m0/s1. The Bertz CT molecular complexity index is 1030. The molecule has 0 aliphatic carbocycles. The summed E-state index contributed by atoms with van der Waals surface area (Å²) in [5.74, 6) is 0.581. The average molecular weight is 545 g/mol. The van der Waals surface area contributed by atoms with E-state index < -0.39 is 24.1 Å². The SMILES string of the molecule is CC(C)[C@H]([NH+]=C(O)[C@H](Cc1ccc(OCCCCS)cc1)NC(=O)OCc1ccccc1)C(=O)NCC=O. The van der Waals surface area contributed by atoms with Gasteiger partial charge in [0.2, 0.25) is 6.04 Å². The zero-order valence-electron chi connectivity index (χ0n) is 21.9. The van der Waals surface area contributed by atoms with E-state index in [1.54, 1.807) is 13.8 Å². The summed E-state index contributed by atoms with van der Waals surface area (Å²) in [7, 11) is 0. The van der Waals surface area contributed by atoms with Gasteiger partial charge in [0.05, 0.1) is 13.2 Å². The molecular weight excluding hydrogens is 506 g/mol. The van der Waals surface area contributed by atoms with E-state index >= 15 is 0 Å². The number of thiol groups is 1. The number of alkyl carbamates (subject to hydrolysis) is 1. The molecule has 2 aromatic carbocycles. The van der Waals surface area contributed by atoms with E-state index in [-0.39, 0.29) is 31.4 Å². The fourth-order valence-corrected chi connectivity index (χ4v) is 3.76. The zero-order valence-corrected chi connectivity index (χ0v) is 22.8. The molecule has 0 bridgehead atoms. The lowest BCUT2D eigenvalue weighted by atomic mass is 10.0. The molecule has 38 heavy (non-hydrogen) atoms. The monoisotopic (exact) mass is 544 g/mol. The molecule has 0 aliphatic rings. The van der Waals surface area contributed by atoms with Gasteiger partial charge in [0, 0.05) is 12.3 Å². The van der Waals surface area contributed by atoms with Crippen LogP contribution in [0.25, 0.3) is 0 Å². The second kappa shape index (κ2) is 17.1. The second-order valence-corrected chi connectivity index (χ2v) is 9.50. The zero-order chi connectivity index (χ0) is 27.8. The smallest absolute Gasteiger partial charge is 0.408 e. The summed E-state index contributed by atoms with van der Waals surface area (Å²) in [4.78, 5) is 38.6. The first-order chi connectivity index (χ1) is 18.3. The van der Waals surface area contributed by atoms with E-state index in [2.05, 4.69) is 28.3 Å². The highest BCUT2D eigenvalue weighted by Gasteiger charge is 2.31. The van der Waals surface area contributed by atoms with Gasteiger partial charge in [0.1, 0.15) is 18.6 Å². The normalized spacial score (nSPS) is 12.9.